The highest BCUT2D eigenvalue weighted by Gasteiger charge is 2.32. The van der Waals surface area contributed by atoms with E-state index in [0.29, 0.717) is 13.2 Å². The summed E-state index contributed by atoms with van der Waals surface area (Å²) < 4.78 is 6.34. The highest BCUT2D eigenvalue weighted by Crippen LogP contribution is 2.21. The van der Waals surface area contributed by atoms with Crippen molar-refractivity contribution in [2.75, 3.05) is 39.0 Å². The van der Waals surface area contributed by atoms with Crippen molar-refractivity contribution in [1.29, 1.82) is 0 Å². The first-order chi connectivity index (χ1) is 15.4. The van der Waals surface area contributed by atoms with E-state index in [1.807, 2.05) is 24.3 Å². The molecule has 0 saturated heterocycles. The van der Waals surface area contributed by atoms with Gasteiger partial charge in [-0.25, -0.2) is 0 Å². The van der Waals surface area contributed by atoms with E-state index in [0.717, 1.165) is 16.5 Å². The number of hydrogen-bond donors (Lipinski definition) is 2. The fourth-order valence-electron chi connectivity index (χ4n) is 3.70. The number of aromatic nitrogens is 2. The van der Waals surface area contributed by atoms with Crippen LogP contribution in [0.1, 0.15) is 26.4 Å². The normalized spacial score (nSPS) is 13.4. The second-order valence-electron chi connectivity index (χ2n) is 7.44. The number of ether oxygens (including phenoxy) is 1. The molecule has 0 bridgehead atoms. The summed E-state index contributed by atoms with van der Waals surface area (Å²) in [5, 5.41) is 15.7. The lowest BCUT2D eigenvalue weighted by molar-refractivity contribution is 0.0629. The van der Waals surface area contributed by atoms with E-state index in [4.69, 9.17) is 4.74 Å². The van der Waals surface area contributed by atoms with E-state index in [1.165, 1.54) is 22.9 Å². The van der Waals surface area contributed by atoms with Gasteiger partial charge in [-0.05, 0) is 17.7 Å². The lowest BCUT2D eigenvalue weighted by atomic mass is 10.1. The maximum atomic E-state index is 12.8. The van der Waals surface area contributed by atoms with Crippen LogP contribution in [0.25, 0.3) is 10.9 Å². The van der Waals surface area contributed by atoms with Gasteiger partial charge in [0.05, 0.1) is 12.1 Å². The topological polar surface area (TPSA) is 117 Å². The second kappa shape index (κ2) is 8.67. The third kappa shape index (κ3) is 3.76. The molecule has 0 atom stereocenters. The van der Waals surface area contributed by atoms with Crippen LogP contribution in [0, 0.1) is 0 Å². The van der Waals surface area contributed by atoms with Crippen LogP contribution in [0.5, 0.6) is 5.75 Å². The quantitative estimate of drug-likeness (QED) is 0.582. The van der Waals surface area contributed by atoms with Crippen LogP contribution < -0.4 is 15.8 Å². The van der Waals surface area contributed by atoms with Gasteiger partial charge in [0.25, 0.3) is 11.8 Å². The van der Waals surface area contributed by atoms with Crippen LogP contribution in [0.2, 0.25) is 0 Å². The minimum absolute atomic E-state index is 0.170. The average molecular weight is 437 g/mol. The molecule has 2 N–H and O–H groups in total. The zero-order chi connectivity index (χ0) is 22.8. The largest absolute Gasteiger partial charge is 0.502 e. The monoisotopic (exact) mass is 437 g/mol. The van der Waals surface area contributed by atoms with Gasteiger partial charge in [0.1, 0.15) is 12.2 Å². The summed E-state index contributed by atoms with van der Waals surface area (Å²) in [6.45, 7) is 0.995. The first-order valence-corrected chi connectivity index (χ1v) is 10.0. The van der Waals surface area contributed by atoms with Crippen molar-refractivity contribution in [2.24, 2.45) is 0 Å². The number of methoxy groups -OCH3 is 1. The number of benzene rings is 1. The van der Waals surface area contributed by atoms with Crippen molar-refractivity contribution in [3.05, 3.63) is 69.8 Å². The number of carbonyl (C=O) groups is 2. The van der Waals surface area contributed by atoms with Crippen molar-refractivity contribution in [2.45, 2.75) is 6.54 Å². The van der Waals surface area contributed by atoms with E-state index in [9.17, 15) is 19.5 Å². The average Bonchev–Trinajstić information content (AvgIpc) is 2.80. The SMILES string of the molecule is COCCN1CN(C)n2cc(C(=O)NCc3ccnc4ccccc34)c(=O)c(O)c2C1=O. The summed E-state index contributed by atoms with van der Waals surface area (Å²) in [6.07, 6.45) is 2.93. The number of rotatable bonds is 6. The molecular weight excluding hydrogens is 414 g/mol. The number of nitrogens with zero attached hydrogens (tertiary/aromatic N) is 4. The van der Waals surface area contributed by atoms with Gasteiger partial charge in [0, 0.05) is 45.0 Å². The molecule has 3 heterocycles. The van der Waals surface area contributed by atoms with Gasteiger partial charge in [-0.2, -0.15) is 0 Å². The summed E-state index contributed by atoms with van der Waals surface area (Å²) in [4.78, 5) is 44.1. The maximum Gasteiger partial charge on any atom is 0.277 e. The Hall–Kier alpha value is -3.92. The van der Waals surface area contributed by atoms with Gasteiger partial charge >= 0.3 is 0 Å². The van der Waals surface area contributed by atoms with Crippen LogP contribution >= 0.6 is 0 Å². The number of aromatic hydroxyl groups is 1. The Morgan fingerprint density at radius 3 is 2.81 bits per heavy atom. The molecule has 0 unspecified atom stereocenters. The zero-order valence-corrected chi connectivity index (χ0v) is 17.7. The summed E-state index contributed by atoms with van der Waals surface area (Å²) in [5.74, 6) is -1.92. The molecule has 2 aromatic heterocycles. The lowest BCUT2D eigenvalue weighted by Crippen LogP contribution is -2.53. The van der Waals surface area contributed by atoms with Crippen molar-refractivity contribution >= 4 is 22.7 Å². The minimum atomic E-state index is -0.899. The third-order valence-electron chi connectivity index (χ3n) is 5.39. The first kappa shape index (κ1) is 21.3. The summed E-state index contributed by atoms with van der Waals surface area (Å²) in [5.41, 5.74) is 0.297. The van der Waals surface area contributed by atoms with Crippen molar-refractivity contribution in [3.8, 4) is 5.75 Å². The third-order valence-corrected chi connectivity index (χ3v) is 5.39. The fourth-order valence-corrected chi connectivity index (χ4v) is 3.70. The van der Waals surface area contributed by atoms with E-state index < -0.39 is 23.0 Å². The molecule has 10 heteroatoms. The molecule has 1 aliphatic heterocycles. The van der Waals surface area contributed by atoms with E-state index in [2.05, 4.69) is 10.3 Å². The van der Waals surface area contributed by atoms with Gasteiger partial charge in [0.2, 0.25) is 5.43 Å². The lowest BCUT2D eigenvalue weighted by Gasteiger charge is -2.37. The standard InChI is InChI=1S/C22H23N5O5/c1-25-13-26(9-10-32-2)22(31)18-20(29)19(28)16(12-27(18)25)21(30)24-11-14-7-8-23-17-6-4-3-5-15(14)17/h3-8,12,29H,9-11,13H2,1-2H3,(H,24,30). The molecule has 0 spiro atoms. The van der Waals surface area contributed by atoms with Gasteiger partial charge in [0.15, 0.2) is 11.4 Å². The molecule has 0 radical (unpaired) electrons. The van der Waals surface area contributed by atoms with Gasteiger partial charge in [-0.3, -0.25) is 29.1 Å². The zero-order valence-electron chi connectivity index (χ0n) is 17.7. The Kier molecular flexibility index (Phi) is 5.78. The van der Waals surface area contributed by atoms with Crippen LogP contribution in [-0.2, 0) is 11.3 Å². The minimum Gasteiger partial charge on any atom is -0.502 e. The number of pyridine rings is 2. The Balaban J connectivity index is 1.62. The summed E-state index contributed by atoms with van der Waals surface area (Å²) in [7, 11) is 3.21. The molecule has 0 aliphatic carbocycles. The number of carbonyl (C=O) groups excluding carboxylic acids is 2. The molecule has 1 aromatic carbocycles. The van der Waals surface area contributed by atoms with Crippen LogP contribution in [0.4, 0.5) is 0 Å². The van der Waals surface area contributed by atoms with Crippen molar-refractivity contribution < 1.29 is 19.4 Å². The second-order valence-corrected chi connectivity index (χ2v) is 7.44. The molecule has 4 rings (SSSR count). The van der Waals surface area contributed by atoms with Gasteiger partial charge in [-0.15, -0.1) is 0 Å². The molecule has 0 fully saturated rings. The van der Waals surface area contributed by atoms with E-state index in [-0.39, 0.29) is 24.5 Å². The molecular formula is C22H23N5O5. The highest BCUT2D eigenvalue weighted by atomic mass is 16.5. The molecule has 10 nitrogen and oxygen atoms in total. The molecule has 32 heavy (non-hydrogen) atoms. The Labute approximate surface area is 183 Å². The van der Waals surface area contributed by atoms with E-state index in [1.54, 1.807) is 24.3 Å². The highest BCUT2D eigenvalue weighted by molar-refractivity contribution is 5.99. The van der Waals surface area contributed by atoms with Crippen molar-refractivity contribution in [1.82, 2.24) is 19.9 Å². The number of amides is 2. The van der Waals surface area contributed by atoms with Gasteiger partial charge < -0.3 is 20.1 Å². The van der Waals surface area contributed by atoms with Gasteiger partial charge in [-0.1, -0.05) is 18.2 Å². The Morgan fingerprint density at radius 1 is 1.25 bits per heavy atom. The summed E-state index contributed by atoms with van der Waals surface area (Å²) in [6, 6.07) is 9.33. The smallest absolute Gasteiger partial charge is 0.277 e. The molecule has 166 valence electrons. The number of nitrogens with one attached hydrogen (secondary N) is 1. The van der Waals surface area contributed by atoms with E-state index >= 15 is 0 Å². The Bertz CT molecular complexity index is 1250. The predicted octanol–water partition coefficient (Wildman–Crippen LogP) is 0.660. The molecule has 1 aliphatic rings. The molecule has 0 saturated carbocycles. The summed E-state index contributed by atoms with van der Waals surface area (Å²) >= 11 is 0. The van der Waals surface area contributed by atoms with Crippen LogP contribution in [0.3, 0.4) is 0 Å². The first-order valence-electron chi connectivity index (χ1n) is 10.0. The fraction of sp³-hybridized carbons (Fsp3) is 0.273. The van der Waals surface area contributed by atoms with Crippen LogP contribution in [0.15, 0.2) is 47.5 Å². The Morgan fingerprint density at radius 2 is 2.03 bits per heavy atom. The number of para-hydroxylation sites is 1. The number of fused-ring (bicyclic) bond motifs is 2. The maximum absolute atomic E-state index is 12.8. The molecule has 3 aromatic rings. The van der Waals surface area contributed by atoms with Crippen molar-refractivity contribution in [3.63, 3.8) is 0 Å². The predicted molar refractivity (Wildman–Crippen MR) is 117 cm³/mol. The number of hydrogen-bond acceptors (Lipinski definition) is 7. The van der Waals surface area contributed by atoms with Crippen LogP contribution in [-0.4, -0.2) is 65.5 Å². The molecule has 2 amide bonds.